The van der Waals surface area contributed by atoms with Crippen LogP contribution in [-0.2, 0) is 12.8 Å². The molecule has 5 heteroatoms. The Labute approximate surface area is 144 Å². The van der Waals surface area contributed by atoms with Crippen LogP contribution in [0.25, 0.3) is 21.9 Å². The van der Waals surface area contributed by atoms with Gasteiger partial charge < -0.3 is 4.98 Å². The molecule has 1 aliphatic rings. The third kappa shape index (κ3) is 2.23. The zero-order valence-corrected chi connectivity index (χ0v) is 13.7. The van der Waals surface area contributed by atoms with E-state index in [9.17, 15) is 4.79 Å². The molecule has 0 spiro atoms. The van der Waals surface area contributed by atoms with E-state index >= 15 is 0 Å². The second-order valence-corrected chi connectivity index (χ2v) is 6.56. The number of amides is 1. The second kappa shape index (κ2) is 5.48. The maximum absolute atomic E-state index is 12.9. The first kappa shape index (κ1) is 14.3. The van der Waals surface area contributed by atoms with Crippen LogP contribution in [0, 0.1) is 0 Å². The number of H-pyrrole nitrogens is 1. The van der Waals surface area contributed by atoms with Crippen molar-refractivity contribution in [2.45, 2.75) is 25.7 Å². The maximum atomic E-state index is 12.9. The van der Waals surface area contributed by atoms with Crippen LogP contribution < -0.4 is 5.43 Å². The lowest BCUT2D eigenvalue weighted by atomic mass is 9.95. The molecule has 124 valence electrons. The van der Waals surface area contributed by atoms with Gasteiger partial charge in [-0.1, -0.05) is 24.3 Å². The normalized spacial score (nSPS) is 13.9. The van der Waals surface area contributed by atoms with E-state index in [4.69, 9.17) is 0 Å². The van der Waals surface area contributed by atoms with Crippen molar-refractivity contribution in [2.75, 3.05) is 5.43 Å². The minimum absolute atomic E-state index is 0.132. The number of aryl methyl sites for hydroxylation is 2. The first-order chi connectivity index (χ1) is 12.3. The fraction of sp³-hybridized carbons (Fsp3) is 0.200. The number of hydrogen-bond donors (Lipinski definition) is 2. The smallest absolute Gasteiger partial charge is 0.272 e. The van der Waals surface area contributed by atoms with E-state index in [-0.39, 0.29) is 5.91 Å². The van der Waals surface area contributed by atoms with Crippen molar-refractivity contribution < 1.29 is 4.79 Å². The number of nitrogens with one attached hydrogen (secondary N) is 2. The van der Waals surface area contributed by atoms with Gasteiger partial charge in [-0.3, -0.25) is 10.2 Å². The number of carbonyl (C=O) groups excluding carboxylic acids is 1. The molecule has 0 atom stereocenters. The van der Waals surface area contributed by atoms with Crippen LogP contribution in [0.5, 0.6) is 0 Å². The average Bonchev–Trinajstić information content (AvgIpc) is 3.23. The zero-order valence-electron chi connectivity index (χ0n) is 13.7. The zero-order chi connectivity index (χ0) is 16.8. The summed E-state index contributed by atoms with van der Waals surface area (Å²) in [5, 5.41) is 1.18. The van der Waals surface area contributed by atoms with Crippen LogP contribution in [0.4, 0.5) is 0 Å². The minimum Gasteiger partial charge on any atom is -0.358 e. The number of para-hydroxylation sites is 3. The van der Waals surface area contributed by atoms with Crippen molar-refractivity contribution >= 4 is 27.8 Å². The van der Waals surface area contributed by atoms with Gasteiger partial charge in [0, 0.05) is 11.1 Å². The van der Waals surface area contributed by atoms with Gasteiger partial charge in [0.25, 0.3) is 5.91 Å². The number of imidazole rings is 1. The first-order valence-electron chi connectivity index (χ1n) is 8.67. The summed E-state index contributed by atoms with van der Waals surface area (Å²) in [5.41, 5.74) is 8.97. The summed E-state index contributed by atoms with van der Waals surface area (Å²) >= 11 is 0. The molecule has 0 saturated heterocycles. The Kier molecular flexibility index (Phi) is 3.13. The molecule has 1 aliphatic carbocycles. The molecule has 0 saturated carbocycles. The van der Waals surface area contributed by atoms with Crippen LogP contribution in [0.15, 0.2) is 48.8 Å². The Morgan fingerprint density at radius 2 is 1.96 bits per heavy atom. The molecule has 0 bridgehead atoms. The number of fused-ring (bicyclic) bond motifs is 4. The van der Waals surface area contributed by atoms with Crippen molar-refractivity contribution in [2.24, 2.45) is 0 Å². The van der Waals surface area contributed by atoms with Gasteiger partial charge in [-0.25, -0.2) is 9.66 Å². The van der Waals surface area contributed by atoms with Crippen LogP contribution in [0.2, 0.25) is 0 Å². The van der Waals surface area contributed by atoms with E-state index in [2.05, 4.69) is 21.5 Å². The molecule has 2 heterocycles. The molecule has 1 amide bonds. The van der Waals surface area contributed by atoms with Crippen molar-refractivity contribution in [3.63, 3.8) is 0 Å². The molecule has 5 rings (SSSR count). The quantitative estimate of drug-likeness (QED) is 0.587. The van der Waals surface area contributed by atoms with E-state index < -0.39 is 0 Å². The minimum atomic E-state index is -0.132. The third-order valence-electron chi connectivity index (χ3n) is 5.05. The van der Waals surface area contributed by atoms with E-state index in [0.29, 0.717) is 5.56 Å². The first-order valence-corrected chi connectivity index (χ1v) is 8.67. The Balaban J connectivity index is 1.56. The number of nitrogens with zero attached hydrogens (tertiary/aromatic N) is 2. The van der Waals surface area contributed by atoms with Gasteiger partial charge in [-0.15, -0.1) is 0 Å². The molecular weight excluding hydrogens is 312 g/mol. The third-order valence-corrected chi connectivity index (χ3v) is 5.05. The number of hydrogen-bond acceptors (Lipinski definition) is 2. The largest absolute Gasteiger partial charge is 0.358 e. The topological polar surface area (TPSA) is 62.7 Å². The predicted molar refractivity (Wildman–Crippen MR) is 98.4 cm³/mol. The summed E-state index contributed by atoms with van der Waals surface area (Å²) in [7, 11) is 0. The van der Waals surface area contributed by atoms with Crippen LogP contribution >= 0.6 is 0 Å². The van der Waals surface area contributed by atoms with Gasteiger partial charge >= 0.3 is 0 Å². The summed E-state index contributed by atoms with van der Waals surface area (Å²) in [6.45, 7) is 0. The maximum Gasteiger partial charge on any atom is 0.272 e. The van der Waals surface area contributed by atoms with Gasteiger partial charge in [0.05, 0.1) is 22.1 Å². The molecule has 5 nitrogen and oxygen atoms in total. The van der Waals surface area contributed by atoms with Gasteiger partial charge in [0.15, 0.2) is 0 Å². The molecular formula is C20H18N4O. The van der Waals surface area contributed by atoms with Crippen molar-refractivity contribution in [1.29, 1.82) is 0 Å². The lowest BCUT2D eigenvalue weighted by Crippen LogP contribution is -2.22. The molecule has 0 fully saturated rings. The Bertz CT molecular complexity index is 1110. The SMILES string of the molecule is O=C(Nn1cnc2ccccc21)c1cccc2c3c([nH]c12)CCCC3. The molecule has 2 aromatic carbocycles. The van der Waals surface area contributed by atoms with Gasteiger partial charge in [-0.2, -0.15) is 0 Å². The molecule has 0 radical (unpaired) electrons. The number of rotatable bonds is 2. The van der Waals surface area contributed by atoms with Crippen LogP contribution in [-0.4, -0.2) is 20.6 Å². The summed E-state index contributed by atoms with van der Waals surface area (Å²) in [6, 6.07) is 13.7. The summed E-state index contributed by atoms with van der Waals surface area (Å²) < 4.78 is 1.68. The number of benzene rings is 2. The highest BCUT2D eigenvalue weighted by molar-refractivity contribution is 6.10. The predicted octanol–water partition coefficient (Wildman–Crippen LogP) is 3.78. The Morgan fingerprint density at radius 1 is 1.08 bits per heavy atom. The Hall–Kier alpha value is -3.08. The van der Waals surface area contributed by atoms with Crippen LogP contribution in [0.3, 0.4) is 0 Å². The molecule has 2 N–H and O–H groups in total. The second-order valence-electron chi connectivity index (χ2n) is 6.56. The summed E-state index contributed by atoms with van der Waals surface area (Å²) in [5.74, 6) is -0.132. The van der Waals surface area contributed by atoms with Crippen molar-refractivity contribution in [1.82, 2.24) is 14.6 Å². The molecule has 2 aromatic heterocycles. The summed E-state index contributed by atoms with van der Waals surface area (Å²) in [4.78, 5) is 20.7. The highest BCUT2D eigenvalue weighted by Gasteiger charge is 2.19. The highest BCUT2D eigenvalue weighted by atomic mass is 16.2. The molecule has 0 unspecified atom stereocenters. The standard InChI is InChI=1S/C20H18N4O/c25-20(23-24-12-21-17-10-3-4-11-18(17)24)15-8-5-7-14-13-6-1-2-9-16(13)22-19(14)15/h3-5,7-8,10-12,22H,1-2,6,9H2,(H,23,25). The summed E-state index contributed by atoms with van der Waals surface area (Å²) in [6.07, 6.45) is 6.23. The van der Waals surface area contributed by atoms with Gasteiger partial charge in [0.1, 0.15) is 6.33 Å². The van der Waals surface area contributed by atoms with E-state index in [0.717, 1.165) is 29.4 Å². The number of aromatic amines is 1. The van der Waals surface area contributed by atoms with E-state index in [1.807, 2.05) is 36.4 Å². The van der Waals surface area contributed by atoms with Crippen molar-refractivity contribution in [3.8, 4) is 0 Å². The number of aromatic nitrogens is 3. The lowest BCUT2D eigenvalue weighted by Gasteiger charge is -2.10. The van der Waals surface area contributed by atoms with Gasteiger partial charge in [0.2, 0.25) is 0 Å². The van der Waals surface area contributed by atoms with E-state index in [1.165, 1.54) is 29.5 Å². The molecule has 25 heavy (non-hydrogen) atoms. The number of carbonyl (C=O) groups is 1. The van der Waals surface area contributed by atoms with Gasteiger partial charge in [-0.05, 0) is 49.4 Å². The van der Waals surface area contributed by atoms with E-state index in [1.54, 1.807) is 11.0 Å². The van der Waals surface area contributed by atoms with Crippen molar-refractivity contribution in [3.05, 3.63) is 65.6 Å². The molecule has 0 aliphatic heterocycles. The lowest BCUT2D eigenvalue weighted by molar-refractivity contribution is 0.101. The highest BCUT2D eigenvalue weighted by Crippen LogP contribution is 2.30. The average molecular weight is 330 g/mol. The fourth-order valence-corrected chi connectivity index (χ4v) is 3.84. The monoisotopic (exact) mass is 330 g/mol. The van der Waals surface area contributed by atoms with Crippen LogP contribution in [0.1, 0.15) is 34.5 Å². The molecule has 4 aromatic rings. The Morgan fingerprint density at radius 3 is 2.92 bits per heavy atom. The fourth-order valence-electron chi connectivity index (χ4n) is 3.84.